The predicted octanol–water partition coefficient (Wildman–Crippen LogP) is 2.06. The summed E-state index contributed by atoms with van der Waals surface area (Å²) in [6.45, 7) is -0.781. The van der Waals surface area contributed by atoms with Crippen LogP contribution in [-0.2, 0) is 24.3 Å². The number of halogens is 1. The van der Waals surface area contributed by atoms with Crippen LogP contribution in [0.2, 0.25) is 5.02 Å². The molecule has 2 aromatic carbocycles. The highest BCUT2D eigenvalue weighted by atomic mass is 35.5. The fourth-order valence-electron chi connectivity index (χ4n) is 2.96. The molecule has 0 radical (unpaired) electrons. The van der Waals surface area contributed by atoms with Gasteiger partial charge in [0.15, 0.2) is 6.79 Å². The number of hydrogen-bond acceptors (Lipinski definition) is 7. The van der Waals surface area contributed by atoms with E-state index in [1.807, 2.05) is 0 Å². The zero-order valence-electron chi connectivity index (χ0n) is 17.3. The Kier molecular flexibility index (Phi) is 7.39. The topological polar surface area (TPSA) is 111 Å². The summed E-state index contributed by atoms with van der Waals surface area (Å²) in [5.74, 6) is -0.556. The van der Waals surface area contributed by atoms with Gasteiger partial charge in [-0.2, -0.15) is 0 Å². The van der Waals surface area contributed by atoms with E-state index in [-0.39, 0.29) is 23.8 Å². The molecule has 0 saturated carbocycles. The first kappa shape index (κ1) is 23.6. The van der Waals surface area contributed by atoms with E-state index in [0.29, 0.717) is 26.4 Å². The van der Waals surface area contributed by atoms with Gasteiger partial charge >= 0.3 is 0 Å². The first-order chi connectivity index (χ1) is 15.3. The van der Waals surface area contributed by atoms with Gasteiger partial charge in [0.1, 0.15) is 18.0 Å². The lowest BCUT2D eigenvalue weighted by atomic mass is 10.1. The van der Waals surface area contributed by atoms with Crippen LogP contribution in [0.5, 0.6) is 11.5 Å². The Bertz CT molecular complexity index is 1150. The average Bonchev–Trinajstić information content (AvgIpc) is 2.92. The summed E-state index contributed by atoms with van der Waals surface area (Å²) >= 11 is 5.83. The van der Waals surface area contributed by atoms with E-state index in [4.69, 9.17) is 25.8 Å². The number of carbonyl (C=O) groups is 2. The third-order valence-corrected chi connectivity index (χ3v) is 6.54. The molecule has 0 unspecified atom stereocenters. The number of nitrogens with one attached hydrogen (secondary N) is 1. The molecule has 2 aromatic rings. The second-order valence-corrected chi connectivity index (χ2v) is 8.97. The number of rotatable bonds is 7. The summed E-state index contributed by atoms with van der Waals surface area (Å²) in [6.07, 6.45) is 1.46. The number of benzene rings is 2. The molecule has 11 heteroatoms. The molecule has 1 N–H and O–H groups in total. The summed E-state index contributed by atoms with van der Waals surface area (Å²) in [7, 11) is -1.35. The number of carbonyl (C=O) groups excluding carboxylic acids is 2. The van der Waals surface area contributed by atoms with Gasteiger partial charge in [-0.25, -0.2) is 12.7 Å². The SMILES string of the molecule is COCOc1ccc(OC)c(C=C2CNC(=O)CN(S(=O)(=O)c3ccc(Cl)cc3)C2=O)c1. The molecule has 0 aromatic heterocycles. The van der Waals surface area contributed by atoms with Crippen molar-refractivity contribution in [3.63, 3.8) is 0 Å². The Morgan fingerprint density at radius 3 is 2.50 bits per heavy atom. The third kappa shape index (κ3) is 5.21. The van der Waals surface area contributed by atoms with Crippen LogP contribution in [0, 0.1) is 0 Å². The van der Waals surface area contributed by atoms with Gasteiger partial charge < -0.3 is 19.5 Å². The molecule has 1 fully saturated rings. The summed E-state index contributed by atoms with van der Waals surface area (Å²) in [6, 6.07) is 10.2. The van der Waals surface area contributed by atoms with Crippen LogP contribution >= 0.6 is 11.6 Å². The van der Waals surface area contributed by atoms with Crippen LogP contribution < -0.4 is 14.8 Å². The van der Waals surface area contributed by atoms with E-state index in [1.165, 1.54) is 44.6 Å². The Morgan fingerprint density at radius 1 is 1.12 bits per heavy atom. The number of nitrogens with zero attached hydrogens (tertiary/aromatic N) is 1. The minimum absolute atomic E-state index is 0.0183. The smallest absolute Gasteiger partial charge is 0.267 e. The molecule has 3 rings (SSSR count). The van der Waals surface area contributed by atoms with Gasteiger partial charge in [0.05, 0.1) is 12.0 Å². The third-order valence-electron chi connectivity index (χ3n) is 4.54. The standard InChI is InChI=1S/C21H21ClN2O7S/c1-29-13-31-17-5-8-19(30-2)14(10-17)9-15-11-23-20(25)12-24(21(15)26)32(27,28)18-6-3-16(22)4-7-18/h3-10H,11-13H2,1-2H3,(H,23,25). The lowest BCUT2D eigenvalue weighted by molar-refractivity contribution is -0.127. The summed E-state index contributed by atoms with van der Waals surface area (Å²) < 4.78 is 42.4. The molecule has 0 bridgehead atoms. The molecule has 1 saturated heterocycles. The number of amides is 2. The predicted molar refractivity (Wildman–Crippen MR) is 117 cm³/mol. The zero-order valence-corrected chi connectivity index (χ0v) is 18.9. The van der Waals surface area contributed by atoms with Gasteiger partial charge in [0, 0.05) is 29.8 Å². The van der Waals surface area contributed by atoms with E-state index in [2.05, 4.69) is 5.32 Å². The Hall–Kier alpha value is -3.08. The van der Waals surface area contributed by atoms with Crippen LogP contribution in [0.25, 0.3) is 6.08 Å². The molecular weight excluding hydrogens is 460 g/mol. The number of hydrogen-bond donors (Lipinski definition) is 1. The van der Waals surface area contributed by atoms with Crippen molar-refractivity contribution >= 4 is 39.5 Å². The van der Waals surface area contributed by atoms with Crippen LogP contribution in [0.3, 0.4) is 0 Å². The summed E-state index contributed by atoms with van der Waals surface area (Å²) in [4.78, 5) is 25.2. The summed E-state index contributed by atoms with van der Waals surface area (Å²) in [5.41, 5.74) is 0.514. The Morgan fingerprint density at radius 2 is 1.84 bits per heavy atom. The maximum absolute atomic E-state index is 13.2. The second kappa shape index (κ2) is 10.0. The summed E-state index contributed by atoms with van der Waals surface area (Å²) in [5, 5.41) is 2.89. The van der Waals surface area contributed by atoms with Crippen molar-refractivity contribution in [2.45, 2.75) is 4.90 Å². The van der Waals surface area contributed by atoms with Crippen molar-refractivity contribution in [1.82, 2.24) is 9.62 Å². The largest absolute Gasteiger partial charge is 0.496 e. The highest BCUT2D eigenvalue weighted by Gasteiger charge is 2.35. The fourth-order valence-corrected chi connectivity index (χ4v) is 4.44. The van der Waals surface area contributed by atoms with Crippen molar-refractivity contribution in [1.29, 1.82) is 0 Å². The fraction of sp³-hybridized carbons (Fsp3) is 0.238. The highest BCUT2D eigenvalue weighted by molar-refractivity contribution is 7.89. The van der Waals surface area contributed by atoms with Gasteiger partial charge in [0.25, 0.3) is 15.9 Å². The molecule has 32 heavy (non-hydrogen) atoms. The van der Waals surface area contributed by atoms with Gasteiger partial charge in [-0.1, -0.05) is 11.6 Å². The second-order valence-electron chi connectivity index (χ2n) is 6.67. The molecule has 1 aliphatic heterocycles. The normalized spacial score (nSPS) is 16.0. The van der Waals surface area contributed by atoms with E-state index >= 15 is 0 Å². The molecule has 0 atom stereocenters. The van der Waals surface area contributed by atoms with Crippen LogP contribution in [0.1, 0.15) is 5.56 Å². The first-order valence-electron chi connectivity index (χ1n) is 9.36. The van der Waals surface area contributed by atoms with E-state index in [1.54, 1.807) is 18.2 Å². The zero-order chi connectivity index (χ0) is 23.3. The first-order valence-corrected chi connectivity index (χ1v) is 11.2. The van der Waals surface area contributed by atoms with Crippen molar-refractivity contribution in [2.75, 3.05) is 34.1 Å². The van der Waals surface area contributed by atoms with Crippen LogP contribution in [0.4, 0.5) is 0 Å². The molecule has 0 spiro atoms. The van der Waals surface area contributed by atoms with E-state index in [9.17, 15) is 18.0 Å². The molecule has 1 aliphatic rings. The maximum Gasteiger partial charge on any atom is 0.267 e. The molecule has 1 heterocycles. The number of ether oxygens (including phenoxy) is 3. The molecule has 2 amide bonds. The van der Waals surface area contributed by atoms with Crippen molar-refractivity contribution in [3.8, 4) is 11.5 Å². The van der Waals surface area contributed by atoms with E-state index in [0.717, 1.165) is 0 Å². The van der Waals surface area contributed by atoms with Gasteiger partial charge in [-0.15, -0.1) is 0 Å². The van der Waals surface area contributed by atoms with Crippen LogP contribution in [-0.4, -0.2) is 58.6 Å². The quantitative estimate of drug-likeness (QED) is 0.477. The van der Waals surface area contributed by atoms with Crippen molar-refractivity contribution < 1.29 is 32.2 Å². The van der Waals surface area contributed by atoms with Gasteiger partial charge in [-0.05, 0) is 48.5 Å². The maximum atomic E-state index is 13.2. The Labute approximate surface area is 190 Å². The van der Waals surface area contributed by atoms with E-state index < -0.39 is 28.4 Å². The number of sulfonamides is 1. The molecule has 170 valence electrons. The van der Waals surface area contributed by atoms with Crippen molar-refractivity contribution in [2.24, 2.45) is 0 Å². The van der Waals surface area contributed by atoms with Crippen molar-refractivity contribution in [3.05, 3.63) is 58.6 Å². The highest BCUT2D eigenvalue weighted by Crippen LogP contribution is 2.28. The number of methoxy groups -OCH3 is 2. The molecule has 9 nitrogen and oxygen atoms in total. The minimum atomic E-state index is -4.29. The van der Waals surface area contributed by atoms with Crippen LogP contribution in [0.15, 0.2) is 52.9 Å². The minimum Gasteiger partial charge on any atom is -0.496 e. The Balaban J connectivity index is 2.02. The molecule has 0 aliphatic carbocycles. The average molecular weight is 481 g/mol. The molecular formula is C21H21ClN2O7S. The monoisotopic (exact) mass is 480 g/mol. The lowest BCUT2D eigenvalue weighted by Gasteiger charge is -2.20. The van der Waals surface area contributed by atoms with Gasteiger partial charge in [0.2, 0.25) is 5.91 Å². The lowest BCUT2D eigenvalue weighted by Crippen LogP contribution is -2.40. The van der Waals surface area contributed by atoms with Gasteiger partial charge in [-0.3, -0.25) is 9.59 Å².